The first-order valence-corrected chi connectivity index (χ1v) is 6.21. The lowest BCUT2D eigenvalue weighted by Gasteiger charge is -2.38. The van der Waals surface area contributed by atoms with Crippen LogP contribution in [-0.2, 0) is 4.74 Å². The SMILES string of the molecule is Cc1ccc(N2CC(C)OC(CO)C2)c(C=O)c1. The number of nitrogens with zero attached hydrogens (tertiary/aromatic N) is 1. The Kier molecular flexibility index (Phi) is 3.99. The van der Waals surface area contributed by atoms with Crippen molar-refractivity contribution in [3.63, 3.8) is 0 Å². The molecule has 4 nitrogen and oxygen atoms in total. The number of aliphatic hydroxyl groups is 1. The summed E-state index contributed by atoms with van der Waals surface area (Å²) in [5.74, 6) is 0. The van der Waals surface area contributed by atoms with E-state index in [1.54, 1.807) is 0 Å². The third-order valence-electron chi connectivity index (χ3n) is 3.18. The van der Waals surface area contributed by atoms with E-state index in [1.807, 2.05) is 32.0 Å². The first-order valence-electron chi connectivity index (χ1n) is 6.21. The second-order valence-electron chi connectivity index (χ2n) is 4.84. The normalized spacial score (nSPS) is 24.1. The van der Waals surface area contributed by atoms with Gasteiger partial charge in [-0.15, -0.1) is 0 Å². The number of benzene rings is 1. The Morgan fingerprint density at radius 2 is 2.28 bits per heavy atom. The highest BCUT2D eigenvalue weighted by Gasteiger charge is 2.26. The van der Waals surface area contributed by atoms with Crippen LogP contribution in [0.2, 0.25) is 0 Å². The molecule has 0 amide bonds. The number of rotatable bonds is 3. The summed E-state index contributed by atoms with van der Waals surface area (Å²) < 4.78 is 5.60. The molecule has 1 aromatic rings. The van der Waals surface area contributed by atoms with E-state index in [-0.39, 0.29) is 18.8 Å². The molecule has 1 N–H and O–H groups in total. The summed E-state index contributed by atoms with van der Waals surface area (Å²) in [6.45, 7) is 5.30. The molecule has 1 aromatic carbocycles. The smallest absolute Gasteiger partial charge is 0.152 e. The summed E-state index contributed by atoms with van der Waals surface area (Å²) in [4.78, 5) is 13.3. The number of aldehydes is 1. The van der Waals surface area contributed by atoms with Crippen molar-refractivity contribution >= 4 is 12.0 Å². The van der Waals surface area contributed by atoms with Crippen LogP contribution in [-0.4, -0.2) is 43.3 Å². The van der Waals surface area contributed by atoms with Crippen LogP contribution in [0.15, 0.2) is 18.2 Å². The molecule has 1 aliphatic rings. The second-order valence-corrected chi connectivity index (χ2v) is 4.84. The molecular formula is C14H19NO3. The summed E-state index contributed by atoms with van der Waals surface area (Å²) in [6, 6.07) is 5.85. The maximum atomic E-state index is 11.1. The highest BCUT2D eigenvalue weighted by molar-refractivity contribution is 5.85. The van der Waals surface area contributed by atoms with Gasteiger partial charge in [0.25, 0.3) is 0 Å². The van der Waals surface area contributed by atoms with Crippen LogP contribution >= 0.6 is 0 Å². The number of carbonyl (C=O) groups is 1. The number of ether oxygens (including phenoxy) is 1. The van der Waals surface area contributed by atoms with Gasteiger partial charge in [-0.05, 0) is 26.0 Å². The minimum absolute atomic E-state index is 0.00310. The van der Waals surface area contributed by atoms with Crippen molar-refractivity contribution in [2.45, 2.75) is 26.1 Å². The third-order valence-corrected chi connectivity index (χ3v) is 3.18. The molecule has 1 heterocycles. The molecule has 0 aliphatic carbocycles. The van der Waals surface area contributed by atoms with Gasteiger partial charge in [-0.25, -0.2) is 0 Å². The van der Waals surface area contributed by atoms with E-state index in [0.717, 1.165) is 24.1 Å². The fourth-order valence-corrected chi connectivity index (χ4v) is 2.40. The zero-order valence-corrected chi connectivity index (χ0v) is 10.8. The lowest BCUT2D eigenvalue weighted by Crippen LogP contribution is -2.48. The molecular weight excluding hydrogens is 230 g/mol. The van der Waals surface area contributed by atoms with E-state index < -0.39 is 0 Å². The first-order chi connectivity index (χ1) is 8.63. The second kappa shape index (κ2) is 5.50. The summed E-state index contributed by atoms with van der Waals surface area (Å²) >= 11 is 0. The number of aliphatic hydroxyl groups excluding tert-OH is 1. The zero-order chi connectivity index (χ0) is 13.1. The van der Waals surface area contributed by atoms with Gasteiger partial charge in [0.2, 0.25) is 0 Å². The number of anilines is 1. The number of aryl methyl sites for hydroxylation is 1. The van der Waals surface area contributed by atoms with E-state index in [9.17, 15) is 9.90 Å². The molecule has 2 unspecified atom stereocenters. The van der Waals surface area contributed by atoms with Gasteiger partial charge in [0.05, 0.1) is 18.8 Å². The summed E-state index contributed by atoms with van der Waals surface area (Å²) in [7, 11) is 0. The van der Waals surface area contributed by atoms with E-state index in [1.165, 1.54) is 0 Å². The molecule has 1 saturated heterocycles. The molecule has 18 heavy (non-hydrogen) atoms. The molecule has 4 heteroatoms. The summed E-state index contributed by atoms with van der Waals surface area (Å²) in [5, 5.41) is 9.22. The first kappa shape index (κ1) is 13.1. The molecule has 98 valence electrons. The van der Waals surface area contributed by atoms with Crippen molar-refractivity contribution in [1.82, 2.24) is 0 Å². The molecule has 2 atom stereocenters. The van der Waals surface area contributed by atoms with Gasteiger partial charge in [0.15, 0.2) is 6.29 Å². The van der Waals surface area contributed by atoms with Crippen LogP contribution in [0.25, 0.3) is 0 Å². The average Bonchev–Trinajstić information content (AvgIpc) is 2.37. The van der Waals surface area contributed by atoms with Gasteiger partial charge < -0.3 is 14.7 Å². The van der Waals surface area contributed by atoms with Crippen LogP contribution in [0.5, 0.6) is 0 Å². The maximum absolute atomic E-state index is 11.1. The number of carbonyl (C=O) groups excluding carboxylic acids is 1. The van der Waals surface area contributed by atoms with Crippen molar-refractivity contribution in [1.29, 1.82) is 0 Å². The van der Waals surface area contributed by atoms with Crippen LogP contribution in [0.4, 0.5) is 5.69 Å². The van der Waals surface area contributed by atoms with Gasteiger partial charge in [-0.2, -0.15) is 0 Å². The predicted molar refractivity (Wildman–Crippen MR) is 70.2 cm³/mol. The highest BCUT2D eigenvalue weighted by atomic mass is 16.5. The van der Waals surface area contributed by atoms with Crippen molar-refractivity contribution in [3.8, 4) is 0 Å². The van der Waals surface area contributed by atoms with Crippen molar-refractivity contribution < 1.29 is 14.6 Å². The summed E-state index contributed by atoms with van der Waals surface area (Å²) in [6.07, 6.45) is 0.752. The van der Waals surface area contributed by atoms with Gasteiger partial charge in [0.1, 0.15) is 0 Å². The topological polar surface area (TPSA) is 49.8 Å². The zero-order valence-electron chi connectivity index (χ0n) is 10.8. The Morgan fingerprint density at radius 1 is 1.50 bits per heavy atom. The largest absolute Gasteiger partial charge is 0.394 e. The number of morpholine rings is 1. The fourth-order valence-electron chi connectivity index (χ4n) is 2.40. The number of hydrogen-bond acceptors (Lipinski definition) is 4. The minimum atomic E-state index is -0.186. The monoisotopic (exact) mass is 249 g/mol. The maximum Gasteiger partial charge on any atom is 0.152 e. The highest BCUT2D eigenvalue weighted by Crippen LogP contribution is 2.24. The van der Waals surface area contributed by atoms with Crippen molar-refractivity contribution in [2.24, 2.45) is 0 Å². The Bertz CT molecular complexity index is 433. The van der Waals surface area contributed by atoms with Crippen LogP contribution in [0, 0.1) is 6.92 Å². The third kappa shape index (κ3) is 2.71. The molecule has 0 saturated carbocycles. The molecule has 0 aromatic heterocycles. The Hall–Kier alpha value is -1.39. The Balaban J connectivity index is 2.27. The van der Waals surface area contributed by atoms with Gasteiger partial charge in [0, 0.05) is 24.3 Å². The molecule has 2 rings (SSSR count). The van der Waals surface area contributed by atoms with E-state index in [2.05, 4.69) is 4.90 Å². The van der Waals surface area contributed by atoms with Crippen LogP contribution in [0.1, 0.15) is 22.8 Å². The predicted octanol–water partition coefficient (Wildman–Crippen LogP) is 1.39. The molecule has 1 fully saturated rings. The lowest BCUT2D eigenvalue weighted by atomic mass is 10.1. The molecule has 0 radical (unpaired) electrons. The van der Waals surface area contributed by atoms with Gasteiger partial charge in [-0.1, -0.05) is 11.6 Å². The standard InChI is InChI=1S/C14H19NO3/c1-10-3-4-14(12(5-10)8-16)15-6-11(2)18-13(7-15)9-17/h3-5,8,11,13,17H,6-7,9H2,1-2H3. The quantitative estimate of drug-likeness (QED) is 0.823. The molecule has 0 bridgehead atoms. The summed E-state index contributed by atoms with van der Waals surface area (Å²) in [5.41, 5.74) is 2.69. The van der Waals surface area contributed by atoms with Crippen molar-refractivity contribution in [2.75, 3.05) is 24.6 Å². The van der Waals surface area contributed by atoms with E-state index in [0.29, 0.717) is 12.1 Å². The molecule has 1 aliphatic heterocycles. The minimum Gasteiger partial charge on any atom is -0.394 e. The van der Waals surface area contributed by atoms with Crippen LogP contribution in [0.3, 0.4) is 0 Å². The Labute approximate surface area is 107 Å². The van der Waals surface area contributed by atoms with Gasteiger partial charge >= 0.3 is 0 Å². The molecule has 0 spiro atoms. The van der Waals surface area contributed by atoms with Gasteiger partial charge in [-0.3, -0.25) is 4.79 Å². The average molecular weight is 249 g/mol. The number of hydrogen-bond donors (Lipinski definition) is 1. The lowest BCUT2D eigenvalue weighted by molar-refractivity contribution is -0.0421. The van der Waals surface area contributed by atoms with E-state index in [4.69, 9.17) is 4.74 Å². The van der Waals surface area contributed by atoms with E-state index >= 15 is 0 Å². The van der Waals surface area contributed by atoms with Crippen molar-refractivity contribution in [3.05, 3.63) is 29.3 Å². The van der Waals surface area contributed by atoms with Crippen LogP contribution < -0.4 is 4.90 Å². The Morgan fingerprint density at radius 3 is 2.94 bits per heavy atom. The fraction of sp³-hybridized carbons (Fsp3) is 0.500.